The van der Waals surface area contributed by atoms with Gasteiger partial charge in [-0.15, -0.1) is 6.58 Å². The maximum atomic E-state index is 3.93. The van der Waals surface area contributed by atoms with E-state index in [4.69, 9.17) is 0 Å². The minimum atomic E-state index is 0.643. The van der Waals surface area contributed by atoms with E-state index in [0.29, 0.717) is 5.92 Å². The predicted octanol–water partition coefficient (Wildman–Crippen LogP) is 5.64. The van der Waals surface area contributed by atoms with Gasteiger partial charge in [-0.3, -0.25) is 0 Å². The summed E-state index contributed by atoms with van der Waals surface area (Å²) < 4.78 is 0. The summed E-state index contributed by atoms with van der Waals surface area (Å²) in [4.78, 5) is 0. The van der Waals surface area contributed by atoms with Crippen molar-refractivity contribution in [3.05, 3.63) is 66.3 Å². The van der Waals surface area contributed by atoms with Crippen LogP contribution in [0.25, 0.3) is 6.08 Å². The number of hydrogen-bond acceptors (Lipinski definition) is 0. The number of hydrogen-bond donors (Lipinski definition) is 0. The fourth-order valence-corrected chi connectivity index (χ4v) is 1.81. The predicted molar refractivity (Wildman–Crippen MR) is 82.4 cm³/mol. The first-order valence-electron chi connectivity index (χ1n) is 6.73. The quantitative estimate of drug-likeness (QED) is 0.427. The van der Waals surface area contributed by atoms with Gasteiger partial charge >= 0.3 is 0 Å². The van der Waals surface area contributed by atoms with Crippen LogP contribution in [0.4, 0.5) is 0 Å². The van der Waals surface area contributed by atoms with E-state index in [1.165, 1.54) is 24.0 Å². The fourth-order valence-electron chi connectivity index (χ4n) is 1.81. The molecular formula is C18H24. The Bertz CT molecular complexity index is 395. The van der Waals surface area contributed by atoms with E-state index in [9.17, 15) is 0 Å². The van der Waals surface area contributed by atoms with Crippen LogP contribution in [0.3, 0.4) is 0 Å². The minimum absolute atomic E-state index is 0.643. The molecule has 18 heavy (non-hydrogen) atoms. The summed E-state index contributed by atoms with van der Waals surface area (Å²) in [5.41, 5.74) is 2.53. The molecule has 1 atom stereocenters. The third-order valence-electron chi connectivity index (χ3n) is 2.90. The van der Waals surface area contributed by atoms with Gasteiger partial charge in [-0.2, -0.15) is 0 Å². The Labute approximate surface area is 112 Å². The SMILES string of the molecule is C=C(C)CCC[C@H](C)/C=C\C=C\c1ccccc1. The van der Waals surface area contributed by atoms with E-state index in [2.05, 4.69) is 69.0 Å². The summed E-state index contributed by atoms with van der Waals surface area (Å²) >= 11 is 0. The van der Waals surface area contributed by atoms with Crippen molar-refractivity contribution in [1.29, 1.82) is 0 Å². The Morgan fingerprint density at radius 2 is 1.94 bits per heavy atom. The van der Waals surface area contributed by atoms with Crippen LogP contribution in [-0.2, 0) is 0 Å². The molecule has 1 rings (SSSR count). The van der Waals surface area contributed by atoms with E-state index in [1.54, 1.807) is 0 Å². The first-order chi connectivity index (χ1) is 8.68. The van der Waals surface area contributed by atoms with Crippen LogP contribution in [0, 0.1) is 5.92 Å². The largest absolute Gasteiger partial charge is 0.100 e. The first kappa shape index (κ1) is 14.5. The first-order valence-corrected chi connectivity index (χ1v) is 6.73. The normalized spacial score (nSPS) is 13.2. The van der Waals surface area contributed by atoms with Crippen LogP contribution in [0.5, 0.6) is 0 Å². The van der Waals surface area contributed by atoms with E-state index in [-0.39, 0.29) is 0 Å². The Morgan fingerprint density at radius 1 is 1.22 bits per heavy atom. The Morgan fingerprint density at radius 3 is 2.61 bits per heavy atom. The van der Waals surface area contributed by atoms with Gasteiger partial charge in [0.25, 0.3) is 0 Å². The van der Waals surface area contributed by atoms with Gasteiger partial charge in [-0.1, -0.05) is 67.1 Å². The van der Waals surface area contributed by atoms with Crippen LogP contribution in [0.15, 0.2) is 60.7 Å². The molecule has 0 nitrogen and oxygen atoms in total. The van der Waals surface area contributed by atoms with Crippen LogP contribution in [0.1, 0.15) is 38.7 Å². The van der Waals surface area contributed by atoms with Gasteiger partial charge in [0.1, 0.15) is 0 Å². The molecule has 0 aromatic heterocycles. The van der Waals surface area contributed by atoms with E-state index >= 15 is 0 Å². The molecule has 0 aliphatic heterocycles. The Hall–Kier alpha value is -1.56. The second kappa shape index (κ2) is 8.52. The third kappa shape index (κ3) is 6.90. The number of allylic oxidation sites excluding steroid dienone is 4. The molecule has 0 heteroatoms. The van der Waals surface area contributed by atoms with Crippen molar-refractivity contribution >= 4 is 6.08 Å². The molecule has 0 radical (unpaired) electrons. The maximum Gasteiger partial charge on any atom is -0.0257 e. The zero-order chi connectivity index (χ0) is 13.2. The zero-order valence-electron chi connectivity index (χ0n) is 11.6. The number of benzene rings is 1. The zero-order valence-corrected chi connectivity index (χ0v) is 11.6. The lowest BCUT2D eigenvalue weighted by atomic mass is 10.0. The topological polar surface area (TPSA) is 0 Å². The second-order valence-corrected chi connectivity index (χ2v) is 4.98. The van der Waals surface area contributed by atoms with Crippen molar-refractivity contribution in [1.82, 2.24) is 0 Å². The molecule has 0 aliphatic carbocycles. The molecule has 0 saturated heterocycles. The van der Waals surface area contributed by atoms with Gasteiger partial charge in [0.15, 0.2) is 0 Å². The Balaban J connectivity index is 2.27. The van der Waals surface area contributed by atoms with Gasteiger partial charge in [-0.05, 0) is 37.7 Å². The monoisotopic (exact) mass is 240 g/mol. The molecule has 0 saturated carbocycles. The van der Waals surface area contributed by atoms with E-state index < -0.39 is 0 Å². The highest BCUT2D eigenvalue weighted by atomic mass is 14.0. The molecule has 1 aromatic rings. The van der Waals surface area contributed by atoms with Crippen LogP contribution >= 0.6 is 0 Å². The second-order valence-electron chi connectivity index (χ2n) is 4.98. The molecule has 0 aliphatic rings. The average Bonchev–Trinajstić information content (AvgIpc) is 2.35. The molecule has 1 aromatic carbocycles. The van der Waals surface area contributed by atoms with Gasteiger partial charge in [-0.25, -0.2) is 0 Å². The van der Waals surface area contributed by atoms with Crippen LogP contribution in [-0.4, -0.2) is 0 Å². The molecule has 96 valence electrons. The van der Waals surface area contributed by atoms with Crippen molar-refractivity contribution in [3.8, 4) is 0 Å². The van der Waals surface area contributed by atoms with Gasteiger partial charge < -0.3 is 0 Å². The summed E-state index contributed by atoms with van der Waals surface area (Å²) in [7, 11) is 0. The minimum Gasteiger partial charge on any atom is -0.100 e. The van der Waals surface area contributed by atoms with Crippen molar-refractivity contribution in [3.63, 3.8) is 0 Å². The van der Waals surface area contributed by atoms with Crippen molar-refractivity contribution in [2.75, 3.05) is 0 Å². The summed E-state index contributed by atoms with van der Waals surface area (Å²) in [5.74, 6) is 0.643. The molecule has 0 amide bonds. The van der Waals surface area contributed by atoms with Crippen molar-refractivity contribution in [2.45, 2.75) is 33.1 Å². The molecule has 0 spiro atoms. The smallest absolute Gasteiger partial charge is 0.0257 e. The van der Waals surface area contributed by atoms with Gasteiger partial charge in [0, 0.05) is 0 Å². The fraction of sp³-hybridized carbons (Fsp3) is 0.333. The molecule has 0 N–H and O–H groups in total. The van der Waals surface area contributed by atoms with Gasteiger partial charge in [0.05, 0.1) is 0 Å². The highest BCUT2D eigenvalue weighted by molar-refractivity contribution is 5.50. The van der Waals surface area contributed by atoms with Crippen molar-refractivity contribution in [2.24, 2.45) is 5.92 Å². The summed E-state index contributed by atoms with van der Waals surface area (Å²) in [5, 5.41) is 0. The lowest BCUT2D eigenvalue weighted by Gasteiger charge is -2.04. The third-order valence-corrected chi connectivity index (χ3v) is 2.90. The lowest BCUT2D eigenvalue weighted by molar-refractivity contribution is 0.605. The molecular weight excluding hydrogens is 216 g/mol. The summed E-state index contributed by atoms with van der Waals surface area (Å²) in [6, 6.07) is 10.4. The maximum absolute atomic E-state index is 3.93. The van der Waals surface area contributed by atoms with Crippen LogP contribution in [0.2, 0.25) is 0 Å². The van der Waals surface area contributed by atoms with E-state index in [0.717, 1.165) is 6.42 Å². The summed E-state index contributed by atoms with van der Waals surface area (Å²) in [6.45, 7) is 8.30. The molecule has 0 unspecified atom stereocenters. The molecule has 0 fully saturated rings. The van der Waals surface area contributed by atoms with Gasteiger partial charge in [0.2, 0.25) is 0 Å². The summed E-state index contributed by atoms with van der Waals surface area (Å²) in [6.07, 6.45) is 12.3. The molecule has 0 bridgehead atoms. The average molecular weight is 240 g/mol. The standard InChI is InChI=1S/C18H24/c1-16(2)10-9-12-17(3)11-7-8-15-18-13-5-4-6-14-18/h4-8,11,13-15,17H,1,9-10,12H2,2-3H3/b11-7-,15-8+/t17-/m1/s1. The molecule has 0 heterocycles. The number of rotatable bonds is 7. The lowest BCUT2D eigenvalue weighted by Crippen LogP contribution is -1.89. The van der Waals surface area contributed by atoms with Crippen LogP contribution < -0.4 is 0 Å². The van der Waals surface area contributed by atoms with Crippen molar-refractivity contribution < 1.29 is 0 Å². The highest BCUT2D eigenvalue weighted by Crippen LogP contribution is 2.12. The highest BCUT2D eigenvalue weighted by Gasteiger charge is 1.96. The Kier molecular flexibility index (Phi) is 6.86. The van der Waals surface area contributed by atoms with E-state index in [1.807, 2.05) is 6.07 Å².